The van der Waals surface area contributed by atoms with Gasteiger partial charge in [-0.3, -0.25) is 4.79 Å². The molecule has 2 heterocycles. The molecule has 1 fully saturated rings. The van der Waals surface area contributed by atoms with Crippen LogP contribution in [0.15, 0.2) is 6.07 Å². The van der Waals surface area contributed by atoms with Gasteiger partial charge >= 0.3 is 7.12 Å². The average molecular weight is 350 g/mol. The smallest absolute Gasteiger partial charge is 0.399 e. The molecule has 0 spiro atoms. The molecule has 0 aliphatic carbocycles. The summed E-state index contributed by atoms with van der Waals surface area (Å²) < 4.78 is 13.5. The minimum absolute atomic E-state index is 0.355. The molecular formula is C19H31BO3S. The summed E-state index contributed by atoms with van der Waals surface area (Å²) in [6, 6.07) is 2.03. The van der Waals surface area contributed by atoms with Crippen molar-refractivity contribution in [2.75, 3.05) is 0 Å². The topological polar surface area (TPSA) is 35.5 Å². The second-order valence-corrected chi connectivity index (χ2v) is 8.98. The van der Waals surface area contributed by atoms with E-state index in [0.29, 0.717) is 5.92 Å². The number of thiophene rings is 1. The number of rotatable bonds is 8. The van der Waals surface area contributed by atoms with Crippen LogP contribution in [0.2, 0.25) is 0 Å². The molecule has 24 heavy (non-hydrogen) atoms. The molecule has 2 rings (SSSR count). The van der Waals surface area contributed by atoms with Crippen LogP contribution in [-0.2, 0) is 15.7 Å². The van der Waals surface area contributed by atoms with E-state index >= 15 is 0 Å². The SMILES string of the molecule is CCCCC(CC)Cc1cc(C=O)sc1B1OC(C)(C)C(C)(C)O1. The van der Waals surface area contributed by atoms with Crippen molar-refractivity contribution in [1.29, 1.82) is 0 Å². The van der Waals surface area contributed by atoms with Gasteiger partial charge < -0.3 is 9.31 Å². The van der Waals surface area contributed by atoms with E-state index in [0.717, 1.165) is 28.8 Å². The lowest BCUT2D eigenvalue weighted by atomic mass is 9.81. The zero-order valence-corrected chi connectivity index (χ0v) is 16.8. The summed E-state index contributed by atoms with van der Waals surface area (Å²) in [5.74, 6) is 0.653. The van der Waals surface area contributed by atoms with Crippen LogP contribution in [0.1, 0.15) is 82.5 Å². The van der Waals surface area contributed by atoms with Crippen molar-refractivity contribution in [3.63, 3.8) is 0 Å². The molecule has 1 aromatic heterocycles. The standard InChI is InChI=1S/C19H31BO3S/c1-7-9-10-14(8-2)11-15-12-16(13-21)24-17(15)20-22-18(3,4)19(5,6)23-20/h12-14H,7-11H2,1-6H3. The predicted octanol–water partition coefficient (Wildman–Crippen LogP) is 4.62. The van der Waals surface area contributed by atoms with Crippen molar-refractivity contribution in [3.8, 4) is 0 Å². The van der Waals surface area contributed by atoms with Crippen LogP contribution in [0.4, 0.5) is 0 Å². The minimum Gasteiger partial charge on any atom is -0.399 e. The summed E-state index contributed by atoms with van der Waals surface area (Å²) >= 11 is 1.52. The molecule has 1 aliphatic heterocycles. The van der Waals surface area contributed by atoms with Crippen molar-refractivity contribution in [1.82, 2.24) is 0 Å². The first-order chi connectivity index (χ1) is 11.2. The molecule has 1 aromatic rings. The second kappa shape index (κ2) is 7.71. The lowest BCUT2D eigenvalue weighted by Crippen LogP contribution is -2.41. The molecular weight excluding hydrogens is 319 g/mol. The third kappa shape index (κ3) is 4.12. The fraction of sp³-hybridized carbons (Fsp3) is 0.737. The Labute approximate surface area is 151 Å². The van der Waals surface area contributed by atoms with E-state index in [1.807, 2.05) is 6.07 Å². The Bertz CT molecular complexity index is 549. The monoisotopic (exact) mass is 350 g/mol. The van der Waals surface area contributed by atoms with E-state index in [4.69, 9.17) is 9.31 Å². The lowest BCUT2D eigenvalue weighted by Gasteiger charge is -2.32. The Hall–Kier alpha value is -0.645. The molecule has 1 unspecified atom stereocenters. The normalized spacial score (nSPS) is 20.3. The number of aldehydes is 1. The maximum Gasteiger partial charge on any atom is 0.505 e. The third-order valence-corrected chi connectivity index (χ3v) is 6.62. The zero-order chi connectivity index (χ0) is 18.0. The van der Waals surface area contributed by atoms with Gasteiger partial charge in [0.2, 0.25) is 0 Å². The maximum absolute atomic E-state index is 11.3. The van der Waals surface area contributed by atoms with E-state index in [9.17, 15) is 4.79 Å². The highest BCUT2D eigenvalue weighted by atomic mass is 32.1. The van der Waals surface area contributed by atoms with Crippen molar-refractivity contribution in [2.24, 2.45) is 5.92 Å². The highest BCUT2D eigenvalue weighted by molar-refractivity contribution is 7.23. The quantitative estimate of drug-likeness (QED) is 0.507. The van der Waals surface area contributed by atoms with Crippen LogP contribution in [0.5, 0.6) is 0 Å². The summed E-state index contributed by atoms with van der Waals surface area (Å²) in [6.07, 6.45) is 6.83. The summed E-state index contributed by atoms with van der Waals surface area (Å²) in [6.45, 7) is 12.8. The van der Waals surface area contributed by atoms with Gasteiger partial charge in [-0.1, -0.05) is 39.5 Å². The average Bonchev–Trinajstić information content (AvgIpc) is 3.01. The van der Waals surface area contributed by atoms with E-state index in [-0.39, 0.29) is 18.3 Å². The van der Waals surface area contributed by atoms with Gasteiger partial charge in [-0.2, -0.15) is 0 Å². The van der Waals surface area contributed by atoms with Crippen molar-refractivity contribution < 1.29 is 14.1 Å². The number of carbonyl (C=O) groups excluding carboxylic acids is 1. The van der Waals surface area contributed by atoms with Crippen LogP contribution in [0, 0.1) is 5.92 Å². The summed E-state index contributed by atoms with van der Waals surface area (Å²) in [7, 11) is -0.368. The first-order valence-electron chi connectivity index (χ1n) is 9.17. The molecule has 0 radical (unpaired) electrons. The first-order valence-corrected chi connectivity index (χ1v) is 9.99. The van der Waals surface area contributed by atoms with Crippen LogP contribution in [0.25, 0.3) is 0 Å². The van der Waals surface area contributed by atoms with Gasteiger partial charge in [0, 0.05) is 4.78 Å². The molecule has 5 heteroatoms. The largest absolute Gasteiger partial charge is 0.505 e. The molecule has 3 nitrogen and oxygen atoms in total. The predicted molar refractivity (Wildman–Crippen MR) is 102 cm³/mol. The lowest BCUT2D eigenvalue weighted by molar-refractivity contribution is 0.00578. The Morgan fingerprint density at radius 2 is 1.83 bits per heavy atom. The molecule has 0 amide bonds. The van der Waals surface area contributed by atoms with Gasteiger partial charge in [0.25, 0.3) is 0 Å². The Balaban J connectivity index is 2.24. The van der Waals surface area contributed by atoms with Crippen molar-refractivity contribution >= 4 is 29.5 Å². The second-order valence-electron chi connectivity index (χ2n) is 7.86. The zero-order valence-electron chi connectivity index (χ0n) is 16.0. The van der Waals surface area contributed by atoms with Gasteiger partial charge in [0.05, 0.1) is 16.1 Å². The van der Waals surface area contributed by atoms with Gasteiger partial charge in [0.1, 0.15) is 0 Å². The van der Waals surface area contributed by atoms with E-state index in [1.165, 1.54) is 36.2 Å². The Morgan fingerprint density at radius 1 is 1.21 bits per heavy atom. The minimum atomic E-state index is -0.368. The fourth-order valence-electron chi connectivity index (χ4n) is 3.09. The summed E-state index contributed by atoms with van der Waals surface area (Å²) in [5, 5.41) is 0. The highest BCUT2D eigenvalue weighted by Crippen LogP contribution is 2.37. The van der Waals surface area contributed by atoms with Crippen LogP contribution >= 0.6 is 11.3 Å². The van der Waals surface area contributed by atoms with Crippen molar-refractivity contribution in [2.45, 2.75) is 84.8 Å². The Kier molecular flexibility index (Phi) is 6.32. The molecule has 0 bridgehead atoms. The van der Waals surface area contributed by atoms with E-state index in [1.54, 1.807) is 0 Å². The Morgan fingerprint density at radius 3 is 2.33 bits per heavy atom. The van der Waals surface area contributed by atoms with Crippen LogP contribution < -0.4 is 4.78 Å². The van der Waals surface area contributed by atoms with Gasteiger partial charge in [-0.25, -0.2) is 0 Å². The number of hydrogen-bond donors (Lipinski definition) is 0. The molecule has 1 saturated heterocycles. The molecule has 0 saturated carbocycles. The fourth-order valence-corrected chi connectivity index (χ4v) is 4.06. The van der Waals surface area contributed by atoms with E-state index < -0.39 is 0 Å². The molecule has 134 valence electrons. The number of unbranched alkanes of at least 4 members (excludes halogenated alkanes) is 1. The molecule has 0 aromatic carbocycles. The first kappa shape index (κ1) is 19.7. The third-order valence-electron chi connectivity index (χ3n) is 5.50. The maximum atomic E-state index is 11.3. The summed E-state index contributed by atoms with van der Waals surface area (Å²) in [5.41, 5.74) is 0.516. The molecule has 1 aliphatic rings. The molecule has 0 N–H and O–H groups in total. The van der Waals surface area contributed by atoms with Gasteiger partial charge in [0.15, 0.2) is 6.29 Å². The molecule has 1 atom stereocenters. The van der Waals surface area contributed by atoms with Gasteiger partial charge in [-0.05, 0) is 51.7 Å². The van der Waals surface area contributed by atoms with E-state index in [2.05, 4.69) is 41.5 Å². The van der Waals surface area contributed by atoms with Gasteiger partial charge in [-0.15, -0.1) is 11.3 Å². The highest BCUT2D eigenvalue weighted by Gasteiger charge is 2.52. The number of carbonyl (C=O) groups is 1. The van der Waals surface area contributed by atoms with Crippen LogP contribution in [-0.4, -0.2) is 24.6 Å². The van der Waals surface area contributed by atoms with Crippen molar-refractivity contribution in [3.05, 3.63) is 16.5 Å². The number of hydrogen-bond acceptors (Lipinski definition) is 4. The van der Waals surface area contributed by atoms with Crippen LogP contribution in [0.3, 0.4) is 0 Å². The summed E-state index contributed by atoms with van der Waals surface area (Å²) in [4.78, 5) is 12.1.